The molecule has 2 aromatic heterocycles. The number of hydrogen-bond donors (Lipinski definition) is 2. The zero-order valence-corrected chi connectivity index (χ0v) is 22.1. The van der Waals surface area contributed by atoms with Crippen molar-refractivity contribution in [1.29, 1.82) is 0 Å². The molecule has 7 nitrogen and oxygen atoms in total. The SMILES string of the molecule is Cc1cc(NC(N)=O)c(F)cc1-c1c2c(nn1-c1c(C)cccc1C)CCN(c1ncc(Cl)cc1Cl)C2. The number of hydrogen-bond acceptors (Lipinski definition) is 4. The molecule has 0 fully saturated rings. The third-order valence-corrected chi connectivity index (χ3v) is 7.09. The summed E-state index contributed by atoms with van der Waals surface area (Å²) in [6, 6.07) is 9.92. The molecule has 3 N–H and O–H groups in total. The first-order chi connectivity index (χ1) is 17.6. The summed E-state index contributed by atoms with van der Waals surface area (Å²) in [5.41, 5.74) is 12.4. The first kappa shape index (κ1) is 25.0. The van der Waals surface area contributed by atoms with Crippen molar-refractivity contribution in [2.75, 3.05) is 16.8 Å². The number of carbonyl (C=O) groups is 1. The number of rotatable bonds is 4. The van der Waals surface area contributed by atoms with E-state index in [0.717, 1.165) is 39.3 Å². The van der Waals surface area contributed by atoms with Gasteiger partial charge in [0.2, 0.25) is 0 Å². The van der Waals surface area contributed by atoms with Gasteiger partial charge < -0.3 is 16.0 Å². The van der Waals surface area contributed by atoms with E-state index in [2.05, 4.69) is 15.2 Å². The number of pyridine rings is 1. The summed E-state index contributed by atoms with van der Waals surface area (Å²) >= 11 is 12.6. The second kappa shape index (κ2) is 9.68. The number of carbonyl (C=O) groups excluding carboxylic acids is 1. The lowest BCUT2D eigenvalue weighted by molar-refractivity contribution is 0.259. The predicted octanol–water partition coefficient (Wildman–Crippen LogP) is 6.36. The van der Waals surface area contributed by atoms with Crippen molar-refractivity contribution in [3.05, 3.63) is 86.4 Å². The van der Waals surface area contributed by atoms with E-state index in [1.54, 1.807) is 18.3 Å². The van der Waals surface area contributed by atoms with Crippen molar-refractivity contribution in [3.8, 4) is 16.9 Å². The number of amides is 2. The Balaban J connectivity index is 1.72. The number of aryl methyl sites for hydroxylation is 3. The Morgan fingerprint density at radius 2 is 1.84 bits per heavy atom. The minimum Gasteiger partial charge on any atom is -0.351 e. The minimum atomic E-state index is -0.827. The van der Waals surface area contributed by atoms with Crippen LogP contribution in [-0.2, 0) is 13.0 Å². The highest BCUT2D eigenvalue weighted by atomic mass is 35.5. The van der Waals surface area contributed by atoms with Gasteiger partial charge in [-0.25, -0.2) is 18.9 Å². The number of para-hydroxylation sites is 1. The van der Waals surface area contributed by atoms with Crippen LogP contribution < -0.4 is 16.0 Å². The van der Waals surface area contributed by atoms with Gasteiger partial charge in [-0.1, -0.05) is 41.4 Å². The Hall–Kier alpha value is -3.62. The summed E-state index contributed by atoms with van der Waals surface area (Å²) < 4.78 is 17.1. The number of nitrogens with one attached hydrogen (secondary N) is 1. The van der Waals surface area contributed by atoms with Gasteiger partial charge in [0.1, 0.15) is 11.6 Å². The van der Waals surface area contributed by atoms with Gasteiger partial charge in [0.05, 0.1) is 32.8 Å². The van der Waals surface area contributed by atoms with Gasteiger partial charge in [-0.3, -0.25) is 0 Å². The van der Waals surface area contributed by atoms with Crippen LogP contribution in [-0.4, -0.2) is 27.3 Å². The van der Waals surface area contributed by atoms with E-state index in [1.165, 1.54) is 6.07 Å². The maximum Gasteiger partial charge on any atom is 0.316 e. The molecule has 0 spiro atoms. The lowest BCUT2D eigenvalue weighted by atomic mass is 9.96. The fourth-order valence-electron chi connectivity index (χ4n) is 4.94. The van der Waals surface area contributed by atoms with Crippen molar-refractivity contribution >= 4 is 40.7 Å². The van der Waals surface area contributed by atoms with Gasteiger partial charge in [-0.05, 0) is 55.7 Å². The molecule has 0 saturated carbocycles. The molecule has 0 saturated heterocycles. The Morgan fingerprint density at radius 3 is 2.51 bits per heavy atom. The average molecular weight is 539 g/mol. The smallest absolute Gasteiger partial charge is 0.316 e. The maximum atomic E-state index is 15.2. The first-order valence-corrected chi connectivity index (χ1v) is 12.5. The molecule has 190 valence electrons. The van der Waals surface area contributed by atoms with Gasteiger partial charge in [0.25, 0.3) is 0 Å². The third-order valence-electron chi connectivity index (χ3n) is 6.60. The van der Waals surface area contributed by atoms with E-state index in [4.69, 9.17) is 34.0 Å². The molecular formula is C27H25Cl2FN6O. The van der Waals surface area contributed by atoms with Crippen LogP contribution in [0.1, 0.15) is 27.9 Å². The Kier molecular flexibility index (Phi) is 6.56. The fraction of sp³-hybridized carbons (Fsp3) is 0.222. The number of primary amides is 1. The lowest BCUT2D eigenvalue weighted by Crippen LogP contribution is -2.31. The van der Waals surface area contributed by atoms with Crippen molar-refractivity contribution in [2.45, 2.75) is 33.7 Å². The van der Waals surface area contributed by atoms with Gasteiger partial charge in [-0.2, -0.15) is 5.10 Å². The third kappa shape index (κ3) is 4.63. The predicted molar refractivity (Wildman–Crippen MR) is 145 cm³/mol. The Bertz CT molecular complexity index is 1530. The number of aromatic nitrogens is 3. The highest BCUT2D eigenvalue weighted by Gasteiger charge is 2.29. The molecule has 5 rings (SSSR count). The van der Waals surface area contributed by atoms with Crippen molar-refractivity contribution in [1.82, 2.24) is 14.8 Å². The van der Waals surface area contributed by atoms with Crippen LogP contribution in [0.4, 0.5) is 20.7 Å². The van der Waals surface area contributed by atoms with Crippen LogP contribution in [0.2, 0.25) is 10.0 Å². The summed E-state index contributed by atoms with van der Waals surface area (Å²) in [6.07, 6.45) is 2.23. The maximum absolute atomic E-state index is 15.2. The first-order valence-electron chi connectivity index (χ1n) is 11.7. The summed E-state index contributed by atoms with van der Waals surface area (Å²) in [4.78, 5) is 17.9. The van der Waals surface area contributed by atoms with Gasteiger partial charge in [0.15, 0.2) is 0 Å². The van der Waals surface area contributed by atoms with Crippen LogP contribution in [0.25, 0.3) is 16.9 Å². The monoisotopic (exact) mass is 538 g/mol. The van der Waals surface area contributed by atoms with E-state index in [0.29, 0.717) is 40.9 Å². The number of benzene rings is 2. The van der Waals surface area contributed by atoms with E-state index in [-0.39, 0.29) is 5.69 Å². The highest BCUT2D eigenvalue weighted by Crippen LogP contribution is 2.39. The molecule has 2 amide bonds. The van der Waals surface area contributed by atoms with Crippen LogP contribution in [0.5, 0.6) is 0 Å². The molecule has 1 aliphatic heterocycles. The van der Waals surface area contributed by atoms with Crippen LogP contribution >= 0.6 is 23.2 Å². The van der Waals surface area contributed by atoms with E-state index >= 15 is 4.39 Å². The molecule has 0 radical (unpaired) electrons. The summed E-state index contributed by atoms with van der Waals surface area (Å²) in [5.74, 6) is 0.0453. The molecule has 1 aliphatic rings. The molecule has 2 aromatic carbocycles. The van der Waals surface area contributed by atoms with Gasteiger partial charge in [-0.15, -0.1) is 0 Å². The summed E-state index contributed by atoms with van der Waals surface area (Å²) in [5, 5.41) is 8.31. The number of urea groups is 1. The number of nitrogens with zero attached hydrogens (tertiary/aromatic N) is 4. The van der Waals surface area contributed by atoms with E-state index in [9.17, 15) is 4.79 Å². The number of nitrogens with two attached hydrogens (primary N) is 1. The zero-order chi connectivity index (χ0) is 26.4. The van der Waals surface area contributed by atoms with Crippen LogP contribution in [0.3, 0.4) is 0 Å². The molecule has 0 aliphatic carbocycles. The molecule has 37 heavy (non-hydrogen) atoms. The number of anilines is 2. The summed E-state index contributed by atoms with van der Waals surface area (Å²) in [7, 11) is 0. The molecule has 0 unspecified atom stereocenters. The lowest BCUT2D eigenvalue weighted by Gasteiger charge is -2.29. The Morgan fingerprint density at radius 1 is 1.11 bits per heavy atom. The molecule has 3 heterocycles. The zero-order valence-electron chi connectivity index (χ0n) is 20.6. The Labute approximate surface area is 224 Å². The minimum absolute atomic E-state index is 0.0273. The molecule has 0 atom stereocenters. The molecule has 0 bridgehead atoms. The largest absolute Gasteiger partial charge is 0.351 e. The second-order valence-corrected chi connectivity index (χ2v) is 10.0. The molecular weight excluding hydrogens is 514 g/mol. The normalized spacial score (nSPS) is 13.0. The second-order valence-electron chi connectivity index (χ2n) is 9.19. The van der Waals surface area contributed by atoms with E-state index < -0.39 is 11.8 Å². The quantitative estimate of drug-likeness (QED) is 0.316. The standard InChI is InChI=1S/C27H25Cl2FN6O/c1-14-5-4-6-15(2)24(14)36-25(18-11-21(30)23(9-16(18)3)33-27(31)37)19-13-35(8-7-22(19)34-36)26-20(29)10-17(28)12-32-26/h4-6,9-12H,7-8,13H2,1-3H3,(H3,31,33,37). The fourth-order valence-corrected chi connectivity index (χ4v) is 5.44. The van der Waals surface area contributed by atoms with Crippen molar-refractivity contribution in [3.63, 3.8) is 0 Å². The van der Waals surface area contributed by atoms with Crippen molar-refractivity contribution < 1.29 is 9.18 Å². The van der Waals surface area contributed by atoms with E-state index in [1.807, 2.05) is 43.7 Å². The number of halogens is 3. The van der Waals surface area contributed by atoms with Gasteiger partial charge in [0, 0.05) is 36.8 Å². The summed E-state index contributed by atoms with van der Waals surface area (Å²) in [6.45, 7) is 7.08. The van der Waals surface area contributed by atoms with Crippen LogP contribution in [0, 0.1) is 26.6 Å². The molecule has 4 aromatic rings. The van der Waals surface area contributed by atoms with Crippen molar-refractivity contribution in [2.24, 2.45) is 5.73 Å². The number of fused-ring (bicyclic) bond motifs is 1. The highest BCUT2D eigenvalue weighted by molar-refractivity contribution is 6.36. The average Bonchev–Trinajstić information content (AvgIpc) is 3.19. The van der Waals surface area contributed by atoms with Gasteiger partial charge >= 0.3 is 6.03 Å². The topological polar surface area (TPSA) is 89.1 Å². The molecule has 10 heteroatoms. The van der Waals surface area contributed by atoms with Crippen LogP contribution in [0.15, 0.2) is 42.6 Å².